The first kappa shape index (κ1) is 16.3. The number of nitrogens with one attached hydrogen (secondary N) is 1. The molecule has 0 fully saturated rings. The van der Waals surface area contributed by atoms with Crippen molar-refractivity contribution < 1.29 is 4.79 Å². The maximum absolute atomic E-state index is 12.4. The maximum atomic E-state index is 12.4. The maximum Gasteiger partial charge on any atom is 0.291 e. The van der Waals surface area contributed by atoms with E-state index in [0.29, 0.717) is 12.3 Å². The van der Waals surface area contributed by atoms with Gasteiger partial charge in [0, 0.05) is 40.8 Å². The van der Waals surface area contributed by atoms with E-state index in [0.717, 1.165) is 27.4 Å². The molecule has 1 amide bonds. The zero-order valence-electron chi connectivity index (χ0n) is 14.3. The van der Waals surface area contributed by atoms with Gasteiger partial charge in [-0.15, -0.1) is 16.4 Å². The van der Waals surface area contributed by atoms with Crippen LogP contribution in [0.5, 0.6) is 0 Å². The molecule has 0 saturated carbocycles. The van der Waals surface area contributed by atoms with Crippen LogP contribution in [0, 0.1) is 13.8 Å². The molecule has 0 aliphatic rings. The molecule has 0 radical (unpaired) electrons. The van der Waals surface area contributed by atoms with E-state index < -0.39 is 0 Å². The topological polar surface area (TPSA) is 85.1 Å². The number of aromatic nitrogens is 5. The van der Waals surface area contributed by atoms with Crippen LogP contribution in [0.15, 0.2) is 42.0 Å². The molecule has 4 aromatic heterocycles. The molecule has 0 saturated heterocycles. The Morgan fingerprint density at radius 3 is 2.92 bits per heavy atom. The summed E-state index contributed by atoms with van der Waals surface area (Å²) in [6, 6.07) is 7.96. The van der Waals surface area contributed by atoms with E-state index in [1.54, 1.807) is 22.0 Å². The highest BCUT2D eigenvalue weighted by Gasteiger charge is 2.15. The van der Waals surface area contributed by atoms with Gasteiger partial charge >= 0.3 is 0 Å². The zero-order valence-corrected chi connectivity index (χ0v) is 15.1. The van der Waals surface area contributed by atoms with E-state index in [-0.39, 0.29) is 11.7 Å². The summed E-state index contributed by atoms with van der Waals surface area (Å²) < 4.78 is 1.57. The summed E-state index contributed by atoms with van der Waals surface area (Å²) in [5, 5.41) is 9.11. The van der Waals surface area contributed by atoms with Gasteiger partial charge in [-0.1, -0.05) is 6.07 Å². The second-order valence-electron chi connectivity index (χ2n) is 5.93. The first-order valence-corrected chi connectivity index (χ1v) is 8.95. The second kappa shape index (κ2) is 6.64. The zero-order chi connectivity index (χ0) is 18.1. The first-order valence-electron chi connectivity index (χ1n) is 8.07. The van der Waals surface area contributed by atoms with Crippen LogP contribution in [0.3, 0.4) is 0 Å². The predicted octanol–water partition coefficient (Wildman–Crippen LogP) is 2.79. The second-order valence-corrected chi connectivity index (χ2v) is 6.88. The van der Waals surface area contributed by atoms with Gasteiger partial charge in [-0.05, 0) is 43.0 Å². The molecule has 0 aliphatic carbocycles. The summed E-state index contributed by atoms with van der Waals surface area (Å²) in [5.74, 6) is 0.191. The number of nitrogens with zero attached hydrogens (tertiary/aromatic N) is 5. The largest absolute Gasteiger partial charge is 0.345 e. The fraction of sp³-hybridized carbons (Fsp3) is 0.167. The Morgan fingerprint density at radius 1 is 1.23 bits per heavy atom. The number of pyridine rings is 1. The molecule has 7 nitrogen and oxygen atoms in total. The van der Waals surface area contributed by atoms with Crippen LogP contribution in [0.25, 0.3) is 16.2 Å². The minimum Gasteiger partial charge on any atom is -0.345 e. The number of amides is 1. The lowest BCUT2D eigenvalue weighted by Crippen LogP contribution is -2.24. The van der Waals surface area contributed by atoms with Crippen molar-refractivity contribution in [2.45, 2.75) is 20.4 Å². The van der Waals surface area contributed by atoms with Crippen molar-refractivity contribution in [1.29, 1.82) is 0 Å². The van der Waals surface area contributed by atoms with Crippen molar-refractivity contribution in [2.75, 3.05) is 0 Å². The molecule has 0 aromatic carbocycles. The summed E-state index contributed by atoms with van der Waals surface area (Å²) in [4.78, 5) is 26.3. The van der Waals surface area contributed by atoms with Gasteiger partial charge in [-0.3, -0.25) is 9.78 Å². The van der Waals surface area contributed by atoms with Gasteiger partial charge in [-0.2, -0.15) is 4.98 Å². The molecule has 0 bridgehead atoms. The highest BCUT2D eigenvalue weighted by molar-refractivity contribution is 7.13. The Balaban J connectivity index is 1.51. The van der Waals surface area contributed by atoms with Crippen LogP contribution in [-0.4, -0.2) is 30.5 Å². The van der Waals surface area contributed by atoms with Gasteiger partial charge in [0.1, 0.15) is 0 Å². The Labute approximate surface area is 153 Å². The van der Waals surface area contributed by atoms with E-state index in [2.05, 4.69) is 25.4 Å². The van der Waals surface area contributed by atoms with Crippen LogP contribution >= 0.6 is 11.3 Å². The number of aryl methyl sites for hydroxylation is 2. The van der Waals surface area contributed by atoms with Gasteiger partial charge in [0.05, 0.1) is 0 Å². The average molecular weight is 364 g/mol. The number of hydrogen-bond acceptors (Lipinski definition) is 6. The van der Waals surface area contributed by atoms with E-state index in [1.807, 2.05) is 49.7 Å². The van der Waals surface area contributed by atoms with Crippen molar-refractivity contribution in [3.63, 3.8) is 0 Å². The highest BCUT2D eigenvalue weighted by atomic mass is 32.1. The van der Waals surface area contributed by atoms with Crippen molar-refractivity contribution >= 4 is 23.0 Å². The van der Waals surface area contributed by atoms with E-state index in [1.165, 1.54) is 0 Å². The SMILES string of the molecule is Cc1cc(C)n2nc(C(=O)NCc3cncc(-c4cccs4)c3)nc2n1. The molecule has 26 heavy (non-hydrogen) atoms. The third kappa shape index (κ3) is 3.18. The Bertz CT molecular complexity index is 1090. The number of thiophene rings is 1. The van der Waals surface area contributed by atoms with Crippen LogP contribution in [0.4, 0.5) is 0 Å². The molecule has 1 N–H and O–H groups in total. The van der Waals surface area contributed by atoms with Crippen LogP contribution in [0.2, 0.25) is 0 Å². The number of rotatable bonds is 4. The number of carbonyl (C=O) groups is 1. The smallest absolute Gasteiger partial charge is 0.291 e. The van der Waals surface area contributed by atoms with Gasteiger partial charge in [0.25, 0.3) is 11.7 Å². The molecule has 4 heterocycles. The predicted molar refractivity (Wildman–Crippen MR) is 99.0 cm³/mol. The van der Waals surface area contributed by atoms with E-state index >= 15 is 0 Å². The van der Waals surface area contributed by atoms with E-state index in [9.17, 15) is 4.79 Å². The van der Waals surface area contributed by atoms with Gasteiger partial charge < -0.3 is 5.32 Å². The van der Waals surface area contributed by atoms with Crippen molar-refractivity contribution in [3.8, 4) is 10.4 Å². The van der Waals surface area contributed by atoms with Crippen molar-refractivity contribution in [1.82, 2.24) is 29.9 Å². The van der Waals surface area contributed by atoms with E-state index in [4.69, 9.17) is 0 Å². The van der Waals surface area contributed by atoms with Gasteiger partial charge in [0.15, 0.2) is 0 Å². The normalized spacial score (nSPS) is 11.0. The fourth-order valence-corrected chi connectivity index (χ4v) is 3.39. The third-order valence-corrected chi connectivity index (χ3v) is 4.79. The minimum absolute atomic E-state index is 0.105. The molecule has 4 rings (SSSR count). The quantitative estimate of drug-likeness (QED) is 0.602. The lowest BCUT2D eigenvalue weighted by atomic mass is 10.2. The van der Waals surface area contributed by atoms with Gasteiger partial charge in [-0.25, -0.2) is 9.50 Å². The Kier molecular flexibility index (Phi) is 4.18. The average Bonchev–Trinajstić information content (AvgIpc) is 3.29. The van der Waals surface area contributed by atoms with Crippen LogP contribution in [-0.2, 0) is 6.54 Å². The molecular weight excluding hydrogens is 348 g/mol. The van der Waals surface area contributed by atoms with Crippen LogP contribution in [0.1, 0.15) is 27.6 Å². The molecule has 0 spiro atoms. The van der Waals surface area contributed by atoms with Crippen molar-refractivity contribution in [2.24, 2.45) is 0 Å². The van der Waals surface area contributed by atoms with Crippen LogP contribution < -0.4 is 5.32 Å². The molecule has 0 atom stereocenters. The standard InChI is InChI=1S/C18H16N6OS/c1-11-6-12(2)24-18(21-11)22-16(23-24)17(25)20-9-13-7-14(10-19-8-13)15-4-3-5-26-15/h3-8,10H,9H2,1-2H3,(H,20,25). The molecular formula is C18H16N6OS. The number of fused-ring (bicyclic) bond motifs is 1. The summed E-state index contributed by atoms with van der Waals surface area (Å²) >= 11 is 1.65. The Hall–Kier alpha value is -3.13. The first-order chi connectivity index (χ1) is 12.6. The van der Waals surface area contributed by atoms with Gasteiger partial charge in [0.2, 0.25) is 5.82 Å². The third-order valence-electron chi connectivity index (χ3n) is 3.88. The summed E-state index contributed by atoms with van der Waals surface area (Å²) in [6.07, 6.45) is 3.56. The molecule has 8 heteroatoms. The monoisotopic (exact) mass is 364 g/mol. The highest BCUT2D eigenvalue weighted by Crippen LogP contribution is 2.24. The Morgan fingerprint density at radius 2 is 2.12 bits per heavy atom. The summed E-state index contributed by atoms with van der Waals surface area (Å²) in [6.45, 7) is 4.14. The fourth-order valence-electron chi connectivity index (χ4n) is 2.69. The molecule has 0 unspecified atom stereocenters. The number of carbonyl (C=O) groups excluding carboxylic acids is 1. The lowest BCUT2D eigenvalue weighted by molar-refractivity contribution is 0.0940. The summed E-state index contributed by atoms with van der Waals surface area (Å²) in [5.41, 5.74) is 3.67. The summed E-state index contributed by atoms with van der Waals surface area (Å²) in [7, 11) is 0. The lowest BCUT2D eigenvalue weighted by Gasteiger charge is -2.04. The molecule has 130 valence electrons. The van der Waals surface area contributed by atoms with Crippen molar-refractivity contribution in [3.05, 3.63) is 64.8 Å². The molecule has 4 aromatic rings. The molecule has 0 aliphatic heterocycles. The minimum atomic E-state index is -0.339. The number of hydrogen-bond donors (Lipinski definition) is 1.